The molecule has 2 rings (SSSR count). The molecule has 0 radical (unpaired) electrons. The minimum atomic E-state index is -2.71. The summed E-state index contributed by atoms with van der Waals surface area (Å²) in [5, 5.41) is 3.52. The van der Waals surface area contributed by atoms with E-state index < -0.39 is 9.84 Å². The van der Waals surface area contributed by atoms with Crippen LogP contribution in [-0.2, 0) is 9.84 Å². The standard InChI is InChI=1S/C16H31NO2S/c1-16(2,3)15-6-4-13(5-7-15)10-17-11-14-8-9-20(18,19)12-14/h13-15,17H,4-12H2,1-3H3. The van der Waals surface area contributed by atoms with Crippen LogP contribution < -0.4 is 5.32 Å². The predicted octanol–water partition coefficient (Wildman–Crippen LogP) is 2.86. The molecule has 0 aromatic rings. The number of hydrogen-bond acceptors (Lipinski definition) is 3. The summed E-state index contributed by atoms with van der Waals surface area (Å²) in [5.41, 5.74) is 0.455. The second-order valence-electron chi connectivity index (χ2n) is 8.01. The van der Waals surface area contributed by atoms with E-state index in [9.17, 15) is 8.42 Å². The molecule has 3 nitrogen and oxygen atoms in total. The van der Waals surface area contributed by atoms with Gasteiger partial charge in [0, 0.05) is 0 Å². The molecule has 1 aliphatic carbocycles. The summed E-state index contributed by atoms with van der Waals surface area (Å²) in [6, 6.07) is 0. The lowest BCUT2D eigenvalue weighted by molar-refractivity contribution is 0.148. The van der Waals surface area contributed by atoms with Crippen molar-refractivity contribution in [2.24, 2.45) is 23.2 Å². The average molecular weight is 301 g/mol. The first kappa shape index (κ1) is 16.3. The van der Waals surface area contributed by atoms with Crippen molar-refractivity contribution in [3.8, 4) is 0 Å². The van der Waals surface area contributed by atoms with Crippen LogP contribution in [0.4, 0.5) is 0 Å². The minimum absolute atomic E-state index is 0.353. The van der Waals surface area contributed by atoms with E-state index in [1.54, 1.807) is 0 Å². The Hall–Kier alpha value is -0.0900. The van der Waals surface area contributed by atoms with Crippen LogP contribution in [0.3, 0.4) is 0 Å². The zero-order valence-electron chi connectivity index (χ0n) is 13.3. The van der Waals surface area contributed by atoms with Crippen molar-refractivity contribution in [3.63, 3.8) is 0 Å². The molecule has 1 heterocycles. The second-order valence-corrected chi connectivity index (χ2v) is 10.2. The van der Waals surface area contributed by atoms with E-state index in [0.717, 1.165) is 31.3 Å². The Kier molecular flexibility index (Phi) is 5.17. The Bertz CT molecular complexity index is 403. The zero-order chi connectivity index (χ0) is 14.8. The first-order valence-corrected chi connectivity index (χ1v) is 9.99. The quantitative estimate of drug-likeness (QED) is 0.868. The monoisotopic (exact) mass is 301 g/mol. The lowest BCUT2D eigenvalue weighted by atomic mass is 9.70. The first-order valence-electron chi connectivity index (χ1n) is 8.17. The molecule has 1 N–H and O–H groups in total. The van der Waals surface area contributed by atoms with Gasteiger partial charge in [0.25, 0.3) is 0 Å². The molecule has 0 amide bonds. The molecule has 1 atom stereocenters. The van der Waals surface area contributed by atoms with Crippen LogP contribution in [0.25, 0.3) is 0 Å². The topological polar surface area (TPSA) is 46.2 Å². The molecule has 2 aliphatic rings. The molecule has 118 valence electrons. The molecular weight excluding hydrogens is 270 g/mol. The lowest BCUT2D eigenvalue weighted by Gasteiger charge is -2.37. The van der Waals surface area contributed by atoms with Crippen molar-refractivity contribution in [2.45, 2.75) is 52.9 Å². The highest BCUT2D eigenvalue weighted by atomic mass is 32.2. The first-order chi connectivity index (χ1) is 9.26. The summed E-state index contributed by atoms with van der Waals surface area (Å²) in [6.45, 7) is 9.04. The second kappa shape index (κ2) is 6.35. The van der Waals surface area contributed by atoms with Crippen LogP contribution in [0.2, 0.25) is 0 Å². The Morgan fingerprint density at radius 2 is 1.55 bits per heavy atom. The van der Waals surface area contributed by atoms with Crippen LogP contribution in [0.1, 0.15) is 52.9 Å². The maximum atomic E-state index is 11.4. The highest BCUT2D eigenvalue weighted by Crippen LogP contribution is 2.39. The Balaban J connectivity index is 1.62. The Morgan fingerprint density at radius 1 is 0.950 bits per heavy atom. The third-order valence-electron chi connectivity index (χ3n) is 5.26. The summed E-state index contributed by atoms with van der Waals surface area (Å²) in [4.78, 5) is 0. The van der Waals surface area contributed by atoms with Gasteiger partial charge in [0.05, 0.1) is 11.5 Å². The van der Waals surface area contributed by atoms with Gasteiger partial charge in [-0.1, -0.05) is 20.8 Å². The van der Waals surface area contributed by atoms with Gasteiger partial charge in [-0.25, -0.2) is 8.42 Å². The van der Waals surface area contributed by atoms with Crippen molar-refractivity contribution in [1.29, 1.82) is 0 Å². The van der Waals surface area contributed by atoms with Crippen molar-refractivity contribution < 1.29 is 8.42 Å². The van der Waals surface area contributed by atoms with Gasteiger partial charge >= 0.3 is 0 Å². The number of nitrogens with one attached hydrogen (secondary N) is 1. The summed E-state index contributed by atoms with van der Waals surface area (Å²) >= 11 is 0. The van der Waals surface area contributed by atoms with Gasteiger partial charge in [-0.3, -0.25) is 0 Å². The number of rotatable bonds is 4. The molecule has 4 heteroatoms. The highest BCUT2D eigenvalue weighted by Gasteiger charge is 2.30. The van der Waals surface area contributed by atoms with Crippen LogP contribution >= 0.6 is 0 Å². The average Bonchev–Trinajstić information content (AvgIpc) is 2.68. The van der Waals surface area contributed by atoms with Crippen LogP contribution in [0, 0.1) is 23.2 Å². The van der Waals surface area contributed by atoms with Crippen LogP contribution in [-0.4, -0.2) is 33.0 Å². The molecule has 1 unspecified atom stereocenters. The zero-order valence-corrected chi connectivity index (χ0v) is 14.1. The van der Waals surface area contributed by atoms with E-state index in [-0.39, 0.29) is 0 Å². The number of hydrogen-bond donors (Lipinski definition) is 1. The normalized spacial score (nSPS) is 34.2. The summed E-state index contributed by atoms with van der Waals surface area (Å²) in [7, 11) is -2.71. The van der Waals surface area contributed by atoms with Crippen molar-refractivity contribution in [1.82, 2.24) is 5.32 Å². The third-order valence-corrected chi connectivity index (χ3v) is 7.10. The maximum Gasteiger partial charge on any atom is 0.150 e. The van der Waals surface area contributed by atoms with Gasteiger partial charge in [0.1, 0.15) is 0 Å². The molecule has 0 aromatic carbocycles. The van der Waals surface area contributed by atoms with Crippen molar-refractivity contribution in [2.75, 3.05) is 24.6 Å². The third kappa shape index (κ3) is 4.73. The smallest absolute Gasteiger partial charge is 0.150 e. The van der Waals surface area contributed by atoms with Gasteiger partial charge in [-0.15, -0.1) is 0 Å². The Morgan fingerprint density at radius 3 is 2.05 bits per heavy atom. The fourth-order valence-electron chi connectivity index (χ4n) is 3.76. The minimum Gasteiger partial charge on any atom is -0.316 e. The summed E-state index contributed by atoms with van der Waals surface area (Å²) in [6.07, 6.45) is 6.23. The summed E-state index contributed by atoms with van der Waals surface area (Å²) < 4.78 is 22.8. The predicted molar refractivity (Wildman–Crippen MR) is 84.5 cm³/mol. The SMILES string of the molecule is CC(C)(C)C1CCC(CNCC2CCS(=O)(=O)C2)CC1. The molecule has 1 saturated heterocycles. The van der Waals surface area contributed by atoms with Gasteiger partial charge < -0.3 is 5.32 Å². The van der Waals surface area contributed by atoms with E-state index in [0.29, 0.717) is 22.8 Å². The fraction of sp³-hybridized carbons (Fsp3) is 1.00. The molecule has 0 aromatic heterocycles. The van der Waals surface area contributed by atoms with Crippen molar-refractivity contribution >= 4 is 9.84 Å². The van der Waals surface area contributed by atoms with Crippen LogP contribution in [0.15, 0.2) is 0 Å². The highest BCUT2D eigenvalue weighted by molar-refractivity contribution is 7.91. The molecule has 1 aliphatic heterocycles. The van der Waals surface area contributed by atoms with Gasteiger partial charge in [-0.05, 0) is 68.4 Å². The van der Waals surface area contributed by atoms with Gasteiger partial charge in [0.2, 0.25) is 0 Å². The van der Waals surface area contributed by atoms with Gasteiger partial charge in [0.15, 0.2) is 9.84 Å². The molecular formula is C16H31NO2S. The largest absolute Gasteiger partial charge is 0.316 e. The maximum absolute atomic E-state index is 11.4. The van der Waals surface area contributed by atoms with E-state index in [4.69, 9.17) is 0 Å². The Labute approximate surface area is 124 Å². The van der Waals surface area contributed by atoms with E-state index in [1.165, 1.54) is 25.7 Å². The number of sulfone groups is 1. The van der Waals surface area contributed by atoms with Gasteiger partial charge in [-0.2, -0.15) is 0 Å². The van der Waals surface area contributed by atoms with Crippen molar-refractivity contribution in [3.05, 3.63) is 0 Å². The lowest BCUT2D eigenvalue weighted by Crippen LogP contribution is -2.33. The van der Waals surface area contributed by atoms with E-state index in [1.807, 2.05) is 0 Å². The molecule has 0 bridgehead atoms. The molecule has 2 fully saturated rings. The summed E-state index contributed by atoms with van der Waals surface area (Å²) in [5.74, 6) is 2.82. The fourth-order valence-corrected chi connectivity index (χ4v) is 5.62. The molecule has 0 spiro atoms. The van der Waals surface area contributed by atoms with E-state index in [2.05, 4.69) is 26.1 Å². The molecule has 20 heavy (non-hydrogen) atoms. The van der Waals surface area contributed by atoms with E-state index >= 15 is 0 Å². The molecule has 1 saturated carbocycles. The van der Waals surface area contributed by atoms with Crippen LogP contribution in [0.5, 0.6) is 0 Å².